The van der Waals surface area contributed by atoms with Gasteiger partial charge < -0.3 is 25.2 Å². The topological polar surface area (TPSA) is 99.1 Å². The number of hydrogen-bond acceptors (Lipinski definition) is 7. The lowest BCUT2D eigenvalue weighted by atomic mass is 10.0. The molecule has 4 rings (SSSR count). The summed E-state index contributed by atoms with van der Waals surface area (Å²) >= 11 is 1.59. The van der Waals surface area contributed by atoms with E-state index in [9.17, 15) is 19.8 Å². The lowest BCUT2D eigenvalue weighted by molar-refractivity contribution is 0.0783. The maximum Gasteiger partial charge on any atom is 0.257 e. The van der Waals surface area contributed by atoms with Crippen LogP contribution in [0.5, 0.6) is 17.2 Å². The number of ketones is 1. The van der Waals surface area contributed by atoms with Crippen molar-refractivity contribution >= 4 is 23.0 Å². The summed E-state index contributed by atoms with van der Waals surface area (Å²) < 4.78 is 6.06. The average molecular weight is 553 g/mol. The van der Waals surface area contributed by atoms with Crippen molar-refractivity contribution in [3.63, 3.8) is 0 Å². The molecule has 3 aromatic rings. The number of Topliss-reactive ketones (excluding diaryl/α,β-unsaturated/α-hetero) is 1. The van der Waals surface area contributed by atoms with Gasteiger partial charge in [0.15, 0.2) is 5.78 Å². The SMILES string of the molecule is CC(=O)c1cc(C(=O)N(C)Cc2ccc(C)s2)c(O)cc1O.CCc1ccc(OC2CCNCC2)cc1CC. The van der Waals surface area contributed by atoms with Crippen LogP contribution in [0.2, 0.25) is 0 Å². The first kappa shape index (κ1) is 30.2. The summed E-state index contributed by atoms with van der Waals surface area (Å²) in [5.74, 6) is -0.417. The Hall–Kier alpha value is -3.36. The highest BCUT2D eigenvalue weighted by Gasteiger charge is 2.21. The van der Waals surface area contributed by atoms with E-state index in [1.807, 2.05) is 19.1 Å². The van der Waals surface area contributed by atoms with Crippen molar-refractivity contribution in [3.05, 3.63) is 74.5 Å². The molecule has 39 heavy (non-hydrogen) atoms. The van der Waals surface area contributed by atoms with Crippen LogP contribution in [0.1, 0.15) is 75.2 Å². The zero-order chi connectivity index (χ0) is 28.5. The summed E-state index contributed by atoms with van der Waals surface area (Å²) in [5, 5.41) is 22.9. The molecule has 0 aliphatic carbocycles. The van der Waals surface area contributed by atoms with E-state index in [-0.39, 0.29) is 28.4 Å². The fourth-order valence-corrected chi connectivity index (χ4v) is 5.51. The Morgan fingerprint density at radius 1 is 0.974 bits per heavy atom. The van der Waals surface area contributed by atoms with Crippen molar-refractivity contribution in [1.29, 1.82) is 0 Å². The number of piperidine rings is 1. The number of thiophene rings is 1. The Morgan fingerprint density at radius 3 is 2.23 bits per heavy atom. The molecule has 0 bridgehead atoms. The molecule has 1 saturated heterocycles. The summed E-state index contributed by atoms with van der Waals surface area (Å²) in [4.78, 5) is 27.5. The molecule has 7 nitrogen and oxygen atoms in total. The number of carbonyl (C=O) groups is 2. The highest BCUT2D eigenvalue weighted by molar-refractivity contribution is 7.11. The van der Waals surface area contributed by atoms with Gasteiger partial charge in [-0.05, 0) is 94.1 Å². The first-order chi connectivity index (χ1) is 18.6. The highest BCUT2D eigenvalue weighted by Crippen LogP contribution is 2.29. The monoisotopic (exact) mass is 552 g/mol. The maximum atomic E-state index is 12.4. The van der Waals surface area contributed by atoms with Gasteiger partial charge in [-0.2, -0.15) is 0 Å². The van der Waals surface area contributed by atoms with Gasteiger partial charge in [-0.1, -0.05) is 19.9 Å². The molecule has 2 heterocycles. The normalized spacial score (nSPS) is 13.4. The molecule has 0 radical (unpaired) electrons. The third kappa shape index (κ3) is 8.31. The highest BCUT2D eigenvalue weighted by atomic mass is 32.1. The quantitative estimate of drug-likeness (QED) is 0.302. The van der Waals surface area contributed by atoms with Crippen LogP contribution in [0.25, 0.3) is 0 Å². The van der Waals surface area contributed by atoms with Crippen molar-refractivity contribution < 1.29 is 24.5 Å². The molecule has 1 aliphatic rings. The average Bonchev–Trinajstić information content (AvgIpc) is 3.33. The van der Waals surface area contributed by atoms with Crippen molar-refractivity contribution in [2.24, 2.45) is 0 Å². The molecule has 0 saturated carbocycles. The number of nitrogens with one attached hydrogen (secondary N) is 1. The number of nitrogens with zero attached hydrogens (tertiary/aromatic N) is 1. The predicted molar refractivity (Wildman–Crippen MR) is 156 cm³/mol. The number of ether oxygens (including phenoxy) is 1. The largest absolute Gasteiger partial charge is 0.507 e. The zero-order valence-electron chi connectivity index (χ0n) is 23.5. The van der Waals surface area contributed by atoms with Gasteiger partial charge in [0.25, 0.3) is 5.91 Å². The molecule has 0 unspecified atom stereocenters. The van der Waals surface area contributed by atoms with Crippen molar-refractivity contribution in [2.45, 2.75) is 66.0 Å². The molecule has 1 fully saturated rings. The molecule has 210 valence electrons. The lowest BCUT2D eigenvalue weighted by Gasteiger charge is -2.24. The Morgan fingerprint density at radius 2 is 1.64 bits per heavy atom. The number of phenols is 2. The fraction of sp³-hybridized carbons (Fsp3) is 0.419. The minimum absolute atomic E-state index is 0.00113. The summed E-state index contributed by atoms with van der Waals surface area (Å²) in [5.41, 5.74) is 2.89. The van der Waals surface area contributed by atoms with E-state index < -0.39 is 5.91 Å². The molecular formula is C31H40N2O5S. The Kier molecular flexibility index (Phi) is 10.9. The number of carbonyl (C=O) groups excluding carboxylic acids is 2. The number of hydrogen-bond donors (Lipinski definition) is 3. The van der Waals surface area contributed by atoms with Gasteiger partial charge >= 0.3 is 0 Å². The van der Waals surface area contributed by atoms with Crippen LogP contribution < -0.4 is 10.1 Å². The second kappa shape index (κ2) is 14.1. The number of amides is 1. The van der Waals surface area contributed by atoms with E-state index in [0.29, 0.717) is 12.6 Å². The third-order valence-electron chi connectivity index (χ3n) is 6.79. The first-order valence-electron chi connectivity index (χ1n) is 13.5. The van der Waals surface area contributed by atoms with Gasteiger partial charge in [0.1, 0.15) is 23.4 Å². The van der Waals surface area contributed by atoms with E-state index >= 15 is 0 Å². The molecule has 0 atom stereocenters. The van der Waals surface area contributed by atoms with Gasteiger partial charge in [-0.25, -0.2) is 0 Å². The predicted octanol–water partition coefficient (Wildman–Crippen LogP) is 5.88. The minimum Gasteiger partial charge on any atom is -0.507 e. The van der Waals surface area contributed by atoms with Gasteiger partial charge in [0, 0.05) is 22.9 Å². The van der Waals surface area contributed by atoms with E-state index in [2.05, 4.69) is 37.4 Å². The second-order valence-electron chi connectivity index (χ2n) is 9.82. The minimum atomic E-state index is -0.411. The number of aromatic hydroxyl groups is 2. The van der Waals surface area contributed by atoms with Gasteiger partial charge in [-0.3, -0.25) is 9.59 Å². The molecular weight excluding hydrogens is 512 g/mol. The molecule has 0 spiro atoms. The van der Waals surface area contributed by atoms with Crippen LogP contribution in [0, 0.1) is 6.92 Å². The fourth-order valence-electron chi connectivity index (χ4n) is 4.57. The number of phenolic OH excluding ortho intramolecular Hbond substituents is 2. The van der Waals surface area contributed by atoms with E-state index in [0.717, 1.165) is 60.3 Å². The molecule has 1 amide bonds. The molecule has 3 N–H and O–H groups in total. The van der Waals surface area contributed by atoms with Crippen LogP contribution in [0.15, 0.2) is 42.5 Å². The smallest absolute Gasteiger partial charge is 0.257 e. The number of benzene rings is 2. The van der Waals surface area contributed by atoms with Crippen LogP contribution in [-0.4, -0.2) is 53.0 Å². The van der Waals surface area contributed by atoms with E-state index in [4.69, 9.17) is 4.74 Å². The second-order valence-corrected chi connectivity index (χ2v) is 11.2. The summed E-state index contributed by atoms with van der Waals surface area (Å²) in [7, 11) is 1.62. The van der Waals surface area contributed by atoms with Crippen LogP contribution in [0.4, 0.5) is 0 Å². The van der Waals surface area contributed by atoms with Crippen molar-refractivity contribution in [1.82, 2.24) is 10.2 Å². The van der Waals surface area contributed by atoms with Gasteiger partial charge in [0.2, 0.25) is 0 Å². The zero-order valence-corrected chi connectivity index (χ0v) is 24.4. The van der Waals surface area contributed by atoms with Crippen molar-refractivity contribution in [3.8, 4) is 17.2 Å². The van der Waals surface area contributed by atoms with Gasteiger partial charge in [0.05, 0.1) is 17.7 Å². The lowest BCUT2D eigenvalue weighted by Crippen LogP contribution is -2.34. The van der Waals surface area contributed by atoms with Crippen LogP contribution in [-0.2, 0) is 19.4 Å². The Labute approximate surface area is 235 Å². The van der Waals surface area contributed by atoms with Crippen LogP contribution in [0.3, 0.4) is 0 Å². The summed E-state index contributed by atoms with van der Waals surface area (Å²) in [6, 6.07) is 12.7. The Bertz CT molecular complexity index is 1280. The Balaban J connectivity index is 0.000000223. The molecule has 1 aliphatic heterocycles. The van der Waals surface area contributed by atoms with E-state index in [1.54, 1.807) is 18.4 Å². The van der Waals surface area contributed by atoms with Crippen LogP contribution >= 0.6 is 11.3 Å². The molecule has 1 aromatic heterocycles. The van der Waals surface area contributed by atoms with E-state index in [1.165, 1.54) is 29.0 Å². The summed E-state index contributed by atoms with van der Waals surface area (Å²) in [6.07, 6.45) is 4.84. The number of rotatable bonds is 8. The standard InChI is InChI=1S/C16H17NO4S.C15H23NO/c1-9-4-5-11(22-9)8-17(3)16(21)13-6-12(10(2)18)14(19)7-15(13)20;1-3-12-5-6-15(11-13(12)4-2)17-14-7-9-16-10-8-14/h4-7,19-20H,8H2,1-3H3;5-6,11,14,16H,3-4,7-10H2,1-2H3. The molecule has 2 aromatic carbocycles. The maximum absolute atomic E-state index is 12.4. The van der Waals surface area contributed by atoms with Gasteiger partial charge in [-0.15, -0.1) is 11.3 Å². The first-order valence-corrected chi connectivity index (χ1v) is 14.3. The molecule has 8 heteroatoms. The van der Waals surface area contributed by atoms with Crippen molar-refractivity contribution in [2.75, 3.05) is 20.1 Å². The summed E-state index contributed by atoms with van der Waals surface area (Å²) in [6.45, 7) is 10.3. The number of aryl methyl sites for hydroxylation is 3. The third-order valence-corrected chi connectivity index (χ3v) is 7.77.